The maximum absolute atomic E-state index is 12.3. The molecular weight excluding hydrogens is 603 g/mol. The number of hydrogen-bond donors (Lipinski definition) is 7. The number of anilines is 2. The minimum Gasteiger partial charge on any atom is -0.394 e. The van der Waals surface area contributed by atoms with E-state index < -0.39 is 79.8 Å². The van der Waals surface area contributed by atoms with Gasteiger partial charge in [0.15, 0.2) is 23.6 Å². The van der Waals surface area contributed by atoms with E-state index in [0.29, 0.717) is 0 Å². The van der Waals surface area contributed by atoms with E-state index in [-0.39, 0.29) is 22.9 Å². The van der Waals surface area contributed by atoms with Crippen molar-refractivity contribution < 1.29 is 43.5 Å². The number of imidazole rings is 1. The molecule has 2 fully saturated rings. The van der Waals surface area contributed by atoms with Gasteiger partial charge in [-0.1, -0.05) is 0 Å². The molecule has 0 saturated carbocycles. The van der Waals surface area contributed by atoms with Crippen LogP contribution in [0.4, 0.5) is 11.8 Å². The average molecular weight is 633 g/mol. The van der Waals surface area contributed by atoms with Crippen molar-refractivity contribution in [1.29, 1.82) is 0 Å². The third-order valence-electron chi connectivity index (χ3n) is 6.98. The maximum Gasteiger partial charge on any atom is 0.351 e. The van der Waals surface area contributed by atoms with Crippen LogP contribution >= 0.6 is 6.72 Å². The number of ether oxygens (including phenoxy) is 3. The number of fused-ring (bicyclic) bond motifs is 1. The Bertz CT molecular complexity index is 1630. The SMILES string of the molecule is CO[C@@H]1[C@H](OP(O)(=S)OC[C@H]2O[C@@H](n3ccc(N)nc3=O)[C@](C)(O)[C@@H]2O)[C@@H](CO)O[C@H]1n1cnc2c(=O)[nH]c(N)nc21. The number of nitrogen functional groups attached to an aromatic ring is 2. The standard InChI is InChI=1S/C21H29N8O11PS/c1-21(34)14(31)9(39-18(21)28-4-3-10(22)25-20(28)33)6-37-41(35,42)40-12-8(5-30)38-17(13(12)36-2)29-7-24-11-15(29)26-19(23)27-16(11)32/h3-4,7-9,12-14,17-18,30-31,34H,5-6H2,1-2H3,(H,35,42)(H2,22,25,33)(H3,23,26,27,32)/t8-,9-,12-,13-,14-,17-,18-,21-,41?/m1/s1. The molecule has 0 aliphatic carbocycles. The minimum absolute atomic E-state index is 0.0236. The molecule has 2 saturated heterocycles. The van der Waals surface area contributed by atoms with E-state index >= 15 is 0 Å². The van der Waals surface area contributed by atoms with Crippen molar-refractivity contribution in [3.8, 4) is 0 Å². The Kier molecular flexibility index (Phi) is 8.24. The largest absolute Gasteiger partial charge is 0.394 e. The molecule has 5 heterocycles. The van der Waals surface area contributed by atoms with E-state index in [4.69, 9.17) is 46.5 Å². The Labute approximate surface area is 240 Å². The summed E-state index contributed by atoms with van der Waals surface area (Å²) in [6.45, 7) is -4.06. The van der Waals surface area contributed by atoms with Gasteiger partial charge in [-0.2, -0.15) is 9.97 Å². The lowest BCUT2D eigenvalue weighted by molar-refractivity contribution is -0.0986. The number of nitrogens with two attached hydrogens (primary N) is 2. The lowest BCUT2D eigenvalue weighted by Crippen LogP contribution is -2.46. The lowest BCUT2D eigenvalue weighted by Gasteiger charge is -2.28. The Morgan fingerprint density at radius 3 is 2.62 bits per heavy atom. The smallest absolute Gasteiger partial charge is 0.351 e. The van der Waals surface area contributed by atoms with Gasteiger partial charge in [0.2, 0.25) is 5.95 Å². The van der Waals surface area contributed by atoms with Crippen molar-refractivity contribution in [1.82, 2.24) is 29.1 Å². The number of nitrogens with zero attached hydrogens (tertiary/aromatic N) is 5. The summed E-state index contributed by atoms with van der Waals surface area (Å²) in [6.07, 6.45) is -6.06. The van der Waals surface area contributed by atoms with E-state index in [0.717, 1.165) is 4.57 Å². The summed E-state index contributed by atoms with van der Waals surface area (Å²) >= 11 is 5.18. The first-order valence-electron chi connectivity index (χ1n) is 12.3. The molecule has 2 aliphatic heterocycles. The van der Waals surface area contributed by atoms with Crippen molar-refractivity contribution in [2.24, 2.45) is 0 Å². The number of aromatic amines is 1. The number of nitrogens with one attached hydrogen (secondary N) is 1. The highest BCUT2D eigenvalue weighted by Crippen LogP contribution is 2.50. The molecule has 0 radical (unpaired) electrons. The summed E-state index contributed by atoms with van der Waals surface area (Å²) in [5, 5.41) is 31.6. The number of aliphatic hydroxyl groups excluding tert-OH is 2. The molecule has 3 aromatic heterocycles. The molecule has 0 bridgehead atoms. The predicted molar refractivity (Wildman–Crippen MR) is 145 cm³/mol. The van der Waals surface area contributed by atoms with Crippen LogP contribution in [0.2, 0.25) is 0 Å². The first-order chi connectivity index (χ1) is 19.8. The van der Waals surface area contributed by atoms with Gasteiger partial charge in [-0.25, -0.2) is 9.78 Å². The molecular formula is C21H29N8O11PS. The van der Waals surface area contributed by atoms with Crippen LogP contribution in [-0.2, 0) is 35.1 Å². The Morgan fingerprint density at radius 2 is 1.95 bits per heavy atom. The molecule has 5 rings (SSSR count). The summed E-state index contributed by atoms with van der Waals surface area (Å²) < 4.78 is 30.6. The van der Waals surface area contributed by atoms with Crippen LogP contribution in [0.15, 0.2) is 28.2 Å². The van der Waals surface area contributed by atoms with Gasteiger partial charge in [0.1, 0.15) is 41.9 Å². The van der Waals surface area contributed by atoms with E-state index in [9.17, 15) is 29.8 Å². The normalized spacial score (nSPS) is 32.9. The number of hydrogen-bond acceptors (Lipinski definition) is 16. The highest BCUT2D eigenvalue weighted by Gasteiger charge is 2.54. The topological polar surface area (TPSA) is 278 Å². The Morgan fingerprint density at radius 1 is 1.21 bits per heavy atom. The summed E-state index contributed by atoms with van der Waals surface area (Å²) in [7, 11) is 1.32. The summed E-state index contributed by atoms with van der Waals surface area (Å²) in [5.41, 5.74) is 7.86. The third kappa shape index (κ3) is 5.47. The molecule has 21 heteroatoms. The molecule has 9 N–H and O–H groups in total. The zero-order valence-electron chi connectivity index (χ0n) is 22.1. The number of rotatable bonds is 9. The first-order valence-corrected chi connectivity index (χ1v) is 14.9. The molecule has 2 aliphatic rings. The lowest BCUT2D eigenvalue weighted by atomic mass is 9.96. The number of aromatic nitrogens is 6. The van der Waals surface area contributed by atoms with Gasteiger partial charge in [0.05, 0.1) is 19.5 Å². The van der Waals surface area contributed by atoms with Gasteiger partial charge in [-0.15, -0.1) is 0 Å². The van der Waals surface area contributed by atoms with Gasteiger partial charge < -0.3 is 50.4 Å². The summed E-state index contributed by atoms with van der Waals surface area (Å²) in [5.74, 6) is -0.210. The quantitative estimate of drug-likeness (QED) is 0.116. The van der Waals surface area contributed by atoms with E-state index in [1.807, 2.05) is 0 Å². The second-order valence-electron chi connectivity index (χ2n) is 9.80. The number of aliphatic hydroxyl groups is 3. The molecule has 19 nitrogen and oxygen atoms in total. The van der Waals surface area contributed by atoms with Gasteiger partial charge in [-0.3, -0.25) is 23.4 Å². The number of methoxy groups -OCH3 is 1. The fourth-order valence-corrected chi connectivity index (χ4v) is 6.36. The highest BCUT2D eigenvalue weighted by molar-refractivity contribution is 8.07. The van der Waals surface area contributed by atoms with Crippen molar-refractivity contribution in [3.05, 3.63) is 39.4 Å². The first kappa shape index (κ1) is 30.6. The van der Waals surface area contributed by atoms with Crippen LogP contribution in [0.3, 0.4) is 0 Å². The van der Waals surface area contributed by atoms with Crippen LogP contribution in [0, 0.1) is 0 Å². The van der Waals surface area contributed by atoms with E-state index in [1.54, 1.807) is 0 Å². The predicted octanol–water partition coefficient (Wildman–Crippen LogP) is -2.93. The maximum atomic E-state index is 12.3. The van der Waals surface area contributed by atoms with Crippen LogP contribution in [0.25, 0.3) is 11.2 Å². The molecule has 3 aromatic rings. The van der Waals surface area contributed by atoms with Crippen molar-refractivity contribution in [3.63, 3.8) is 0 Å². The van der Waals surface area contributed by atoms with Gasteiger partial charge >= 0.3 is 12.4 Å². The molecule has 42 heavy (non-hydrogen) atoms. The molecule has 0 spiro atoms. The zero-order chi connectivity index (χ0) is 30.6. The summed E-state index contributed by atoms with van der Waals surface area (Å²) in [4.78, 5) is 49.5. The van der Waals surface area contributed by atoms with Gasteiger partial charge in [0.25, 0.3) is 5.56 Å². The highest BCUT2D eigenvalue weighted by atomic mass is 32.5. The van der Waals surface area contributed by atoms with Crippen molar-refractivity contribution >= 4 is 41.5 Å². The monoisotopic (exact) mass is 632 g/mol. The fourth-order valence-electron chi connectivity index (χ4n) is 4.92. The fraction of sp³-hybridized carbons (Fsp3) is 0.571. The minimum atomic E-state index is -4.16. The van der Waals surface area contributed by atoms with E-state index in [1.165, 1.54) is 37.2 Å². The molecule has 230 valence electrons. The second kappa shape index (κ2) is 11.3. The summed E-state index contributed by atoms with van der Waals surface area (Å²) in [6, 6.07) is 1.31. The van der Waals surface area contributed by atoms with Crippen molar-refractivity contribution in [2.45, 2.75) is 55.5 Å². The van der Waals surface area contributed by atoms with Crippen molar-refractivity contribution in [2.75, 3.05) is 31.8 Å². The zero-order valence-corrected chi connectivity index (χ0v) is 23.8. The van der Waals surface area contributed by atoms with Crippen LogP contribution in [-0.4, -0.2) is 106 Å². The Balaban J connectivity index is 1.32. The third-order valence-corrected chi connectivity index (χ3v) is 8.54. The molecule has 1 unspecified atom stereocenters. The molecule has 0 amide bonds. The second-order valence-corrected chi connectivity index (χ2v) is 12.6. The van der Waals surface area contributed by atoms with Crippen LogP contribution < -0.4 is 22.7 Å². The van der Waals surface area contributed by atoms with Crippen LogP contribution in [0.5, 0.6) is 0 Å². The van der Waals surface area contributed by atoms with Crippen LogP contribution in [0.1, 0.15) is 19.4 Å². The van der Waals surface area contributed by atoms with Gasteiger partial charge in [-0.05, 0) is 24.8 Å². The Hall–Kier alpha value is -2.88. The number of H-pyrrole nitrogens is 1. The molecule has 9 atom stereocenters. The average Bonchev–Trinajstić information content (AvgIpc) is 3.55. The van der Waals surface area contributed by atoms with E-state index in [2.05, 4.69) is 19.9 Å². The van der Waals surface area contributed by atoms with Gasteiger partial charge in [0, 0.05) is 13.3 Å². The molecule has 0 aromatic carbocycles.